The fraction of sp³-hybridized carbons (Fsp3) is 0.0690. The first kappa shape index (κ1) is 25.8. The number of amides is 1. The largest absolute Gasteiger partial charge is 0.348 e. The first-order valence-electron chi connectivity index (χ1n) is 11.7. The molecule has 0 unspecified atom stereocenters. The summed E-state index contributed by atoms with van der Waals surface area (Å²) in [4.78, 5) is 20.5. The lowest BCUT2D eigenvalue weighted by atomic mass is 10.1. The molecule has 0 spiro atoms. The third-order valence-electron chi connectivity index (χ3n) is 5.83. The van der Waals surface area contributed by atoms with Crippen molar-refractivity contribution in [3.05, 3.63) is 131 Å². The van der Waals surface area contributed by atoms with E-state index in [1.165, 1.54) is 54.7 Å². The third-order valence-corrected chi connectivity index (χ3v) is 7.57. The average molecular weight is 543 g/mol. The Hall–Kier alpha value is -4.88. The molecule has 0 bridgehead atoms. The van der Waals surface area contributed by atoms with Crippen LogP contribution in [0.5, 0.6) is 0 Å². The minimum atomic E-state index is -3.98. The van der Waals surface area contributed by atoms with Crippen molar-refractivity contribution >= 4 is 21.4 Å². The average Bonchev–Trinajstić information content (AvgIpc) is 3.39. The molecule has 5 aromatic rings. The molecule has 7 nitrogen and oxygen atoms in total. The van der Waals surface area contributed by atoms with Crippen molar-refractivity contribution in [3.8, 4) is 11.8 Å². The first-order valence-corrected chi connectivity index (χ1v) is 13.4. The van der Waals surface area contributed by atoms with Crippen molar-refractivity contribution in [2.24, 2.45) is 0 Å². The molecule has 0 aliphatic heterocycles. The number of fused-ring (bicyclic) bond motifs is 1. The predicted molar refractivity (Wildman–Crippen MR) is 140 cm³/mol. The van der Waals surface area contributed by atoms with Gasteiger partial charge in [-0.1, -0.05) is 11.8 Å². The van der Waals surface area contributed by atoms with E-state index in [9.17, 15) is 22.0 Å². The Morgan fingerprint density at radius 2 is 1.69 bits per heavy atom. The van der Waals surface area contributed by atoms with Gasteiger partial charge in [0.25, 0.3) is 5.91 Å². The summed E-state index contributed by atoms with van der Waals surface area (Å²) < 4.78 is 55.3. The van der Waals surface area contributed by atoms with E-state index < -0.39 is 33.3 Å². The molecule has 10 heteroatoms. The molecule has 5 rings (SSSR count). The highest BCUT2D eigenvalue weighted by Gasteiger charge is 2.21. The van der Waals surface area contributed by atoms with E-state index in [0.29, 0.717) is 5.56 Å². The van der Waals surface area contributed by atoms with Crippen LogP contribution in [-0.4, -0.2) is 28.7 Å². The molecule has 194 valence electrons. The highest BCUT2D eigenvalue weighted by atomic mass is 32.2. The summed E-state index contributed by atoms with van der Waals surface area (Å²) in [6.07, 6.45) is 6.51. The molecule has 2 aromatic carbocycles. The summed E-state index contributed by atoms with van der Waals surface area (Å²) in [6, 6.07) is 15.7. The van der Waals surface area contributed by atoms with Gasteiger partial charge in [0.2, 0.25) is 5.95 Å². The molecule has 0 saturated carbocycles. The molecule has 3 aromatic heterocycles. The van der Waals surface area contributed by atoms with E-state index in [0.717, 1.165) is 17.3 Å². The Kier molecular flexibility index (Phi) is 7.17. The number of sulfone groups is 1. The van der Waals surface area contributed by atoms with Crippen LogP contribution >= 0.6 is 0 Å². The van der Waals surface area contributed by atoms with Crippen molar-refractivity contribution in [1.29, 1.82) is 0 Å². The molecule has 0 atom stereocenters. The molecule has 0 aliphatic rings. The Bertz CT molecular complexity index is 1860. The maximum absolute atomic E-state index is 13.6. The second-order valence-electron chi connectivity index (χ2n) is 8.62. The van der Waals surface area contributed by atoms with Crippen molar-refractivity contribution < 1.29 is 22.0 Å². The van der Waals surface area contributed by atoms with Crippen LogP contribution in [0.4, 0.5) is 8.78 Å². The van der Waals surface area contributed by atoms with Crippen molar-refractivity contribution in [3.63, 3.8) is 0 Å². The minimum Gasteiger partial charge on any atom is -0.348 e. The molecular formula is C29H20F2N4O3S. The van der Waals surface area contributed by atoms with Gasteiger partial charge in [-0.3, -0.25) is 4.79 Å². The normalized spacial score (nSPS) is 11.1. The molecule has 0 saturated heterocycles. The van der Waals surface area contributed by atoms with E-state index >= 15 is 0 Å². The fourth-order valence-corrected chi connectivity index (χ4v) is 5.38. The number of aromatic nitrogens is 3. The molecule has 39 heavy (non-hydrogen) atoms. The number of hydrogen-bond donors (Lipinski definition) is 1. The van der Waals surface area contributed by atoms with E-state index in [-0.39, 0.29) is 28.1 Å². The second-order valence-corrected chi connectivity index (χ2v) is 10.6. The highest BCUT2D eigenvalue weighted by Crippen LogP contribution is 2.22. The lowest BCUT2D eigenvalue weighted by Gasteiger charge is -2.10. The van der Waals surface area contributed by atoms with Gasteiger partial charge in [0.1, 0.15) is 11.5 Å². The standard InChI is InChI=1S/C29H20F2N4O3S/c30-25-6-2-20(3-7-25)1-4-23-17-24(29(36)34-18-21-10-13-35-14-12-33-28(35)16-21)5-8-26(23)39(37,38)19-22-9-11-32-27(31)15-22/h2-3,5-17H,18-19H2,(H,34,36). The number of carbonyl (C=O) groups is 1. The van der Waals surface area contributed by atoms with Crippen LogP contribution in [0.2, 0.25) is 0 Å². The number of benzene rings is 2. The van der Waals surface area contributed by atoms with Crippen LogP contribution in [0.1, 0.15) is 32.6 Å². The Labute approximate surface area is 223 Å². The Morgan fingerprint density at radius 1 is 0.872 bits per heavy atom. The number of nitrogens with zero attached hydrogens (tertiary/aromatic N) is 3. The van der Waals surface area contributed by atoms with Gasteiger partial charge in [0, 0.05) is 48.0 Å². The number of rotatable bonds is 6. The zero-order valence-corrected chi connectivity index (χ0v) is 21.1. The van der Waals surface area contributed by atoms with Crippen LogP contribution < -0.4 is 5.32 Å². The molecule has 1 amide bonds. The maximum atomic E-state index is 13.6. The van der Waals surface area contributed by atoms with Crippen LogP contribution in [0.25, 0.3) is 5.65 Å². The number of pyridine rings is 2. The molecule has 1 N–H and O–H groups in total. The Morgan fingerprint density at radius 3 is 2.49 bits per heavy atom. The van der Waals surface area contributed by atoms with Crippen molar-refractivity contribution in [1.82, 2.24) is 19.7 Å². The van der Waals surface area contributed by atoms with Crippen LogP contribution in [0.3, 0.4) is 0 Å². The van der Waals surface area contributed by atoms with Crippen LogP contribution in [0, 0.1) is 23.6 Å². The van der Waals surface area contributed by atoms with Gasteiger partial charge in [0.05, 0.1) is 10.6 Å². The topological polar surface area (TPSA) is 93.4 Å². The molecule has 0 fully saturated rings. The van der Waals surface area contributed by atoms with Gasteiger partial charge in [-0.2, -0.15) is 4.39 Å². The zero-order chi connectivity index (χ0) is 27.4. The smallest absolute Gasteiger partial charge is 0.251 e. The maximum Gasteiger partial charge on any atom is 0.251 e. The summed E-state index contributed by atoms with van der Waals surface area (Å²) in [7, 11) is -3.98. The first-order chi connectivity index (χ1) is 18.8. The number of carbonyl (C=O) groups excluding carboxylic acids is 1. The minimum absolute atomic E-state index is 0.0836. The third kappa shape index (κ3) is 6.17. The fourth-order valence-electron chi connectivity index (χ4n) is 3.89. The van der Waals surface area contributed by atoms with Gasteiger partial charge >= 0.3 is 0 Å². The quantitative estimate of drug-likeness (QED) is 0.255. The summed E-state index contributed by atoms with van der Waals surface area (Å²) in [6.45, 7) is 0.229. The molecular weight excluding hydrogens is 522 g/mol. The summed E-state index contributed by atoms with van der Waals surface area (Å²) in [5.74, 6) is 3.49. The van der Waals surface area contributed by atoms with Crippen LogP contribution in [0.15, 0.2) is 96.4 Å². The number of hydrogen-bond acceptors (Lipinski definition) is 5. The van der Waals surface area contributed by atoms with Gasteiger partial charge in [-0.25, -0.2) is 22.8 Å². The van der Waals surface area contributed by atoms with Gasteiger partial charge in [0.15, 0.2) is 9.84 Å². The van der Waals surface area contributed by atoms with Gasteiger partial charge < -0.3 is 9.72 Å². The lowest BCUT2D eigenvalue weighted by molar-refractivity contribution is 0.0950. The SMILES string of the molecule is O=C(NCc1ccn2ccnc2c1)c1ccc(S(=O)(=O)Cc2ccnc(F)c2)c(C#Cc2ccc(F)cc2)c1. The highest BCUT2D eigenvalue weighted by molar-refractivity contribution is 7.90. The summed E-state index contributed by atoms with van der Waals surface area (Å²) >= 11 is 0. The predicted octanol–water partition coefficient (Wildman–Crippen LogP) is 4.31. The summed E-state index contributed by atoms with van der Waals surface area (Å²) in [5.41, 5.74) is 2.54. The van der Waals surface area contributed by atoms with E-state index in [1.54, 1.807) is 6.20 Å². The summed E-state index contributed by atoms with van der Waals surface area (Å²) in [5, 5.41) is 2.82. The Balaban J connectivity index is 1.45. The number of imidazole rings is 1. The number of halogens is 2. The molecule has 0 radical (unpaired) electrons. The number of nitrogens with one attached hydrogen (secondary N) is 1. The van der Waals surface area contributed by atoms with Gasteiger partial charge in [-0.15, -0.1) is 0 Å². The zero-order valence-electron chi connectivity index (χ0n) is 20.3. The lowest BCUT2D eigenvalue weighted by Crippen LogP contribution is -2.23. The van der Waals surface area contributed by atoms with Gasteiger partial charge in [-0.05, 0) is 77.9 Å². The van der Waals surface area contributed by atoms with Crippen molar-refractivity contribution in [2.45, 2.75) is 17.2 Å². The monoisotopic (exact) mass is 542 g/mol. The van der Waals surface area contributed by atoms with Crippen LogP contribution in [-0.2, 0) is 22.1 Å². The van der Waals surface area contributed by atoms with E-state index in [2.05, 4.69) is 27.1 Å². The van der Waals surface area contributed by atoms with E-state index in [4.69, 9.17) is 0 Å². The second kappa shape index (κ2) is 10.8. The molecule has 3 heterocycles. The molecule has 0 aliphatic carbocycles. The van der Waals surface area contributed by atoms with E-state index in [1.807, 2.05) is 28.9 Å². The van der Waals surface area contributed by atoms with Crippen molar-refractivity contribution in [2.75, 3.05) is 0 Å².